The van der Waals surface area contributed by atoms with E-state index in [-0.39, 0.29) is 44.0 Å². The predicted molar refractivity (Wildman–Crippen MR) is 124 cm³/mol. The average molecular weight is 483 g/mol. The summed E-state index contributed by atoms with van der Waals surface area (Å²) in [5.41, 5.74) is 1.68. The van der Waals surface area contributed by atoms with Crippen LogP contribution in [0.25, 0.3) is 0 Å². The van der Waals surface area contributed by atoms with Gasteiger partial charge in [-0.3, -0.25) is 9.36 Å². The number of hydrogen-bond donors (Lipinski definition) is 2. The molecule has 0 radical (unpaired) electrons. The van der Waals surface area contributed by atoms with Gasteiger partial charge < -0.3 is 28.9 Å². The molecule has 10 heteroatoms. The Morgan fingerprint density at radius 3 is 2.45 bits per heavy atom. The van der Waals surface area contributed by atoms with E-state index in [1.807, 2.05) is 6.92 Å². The zero-order chi connectivity index (χ0) is 24.8. The van der Waals surface area contributed by atoms with E-state index in [4.69, 9.17) is 18.5 Å². The molecule has 1 aliphatic heterocycles. The molecule has 1 aromatic carbocycles. The average Bonchev–Trinajstić information content (AvgIpc) is 3.15. The number of carbonyl (C=O) groups excluding carboxylic acids is 2. The topological polar surface area (TPSA) is 120 Å². The SMILES string of the molecule is CCNC(=O)C(CC(C)=CCc1c(O)c2c(c(C)c1OC)COC2=O)P(=O)(OCC)OCC. The predicted octanol–water partition coefficient (Wildman–Crippen LogP) is 4.03. The highest BCUT2D eigenvalue weighted by Crippen LogP contribution is 2.55. The molecule has 9 nitrogen and oxygen atoms in total. The van der Waals surface area contributed by atoms with Gasteiger partial charge in [-0.1, -0.05) is 11.6 Å². The van der Waals surface area contributed by atoms with E-state index in [9.17, 15) is 19.3 Å². The van der Waals surface area contributed by atoms with Crippen molar-refractivity contribution in [3.8, 4) is 11.5 Å². The van der Waals surface area contributed by atoms with E-state index >= 15 is 0 Å². The summed E-state index contributed by atoms with van der Waals surface area (Å²) in [6.07, 6.45) is 2.17. The fourth-order valence-electron chi connectivity index (χ4n) is 3.91. The Hall–Kier alpha value is -2.35. The molecule has 0 spiro atoms. The lowest BCUT2D eigenvalue weighted by molar-refractivity contribution is -0.121. The Balaban J connectivity index is 2.39. The van der Waals surface area contributed by atoms with E-state index < -0.39 is 25.1 Å². The van der Waals surface area contributed by atoms with Gasteiger partial charge in [-0.25, -0.2) is 4.79 Å². The fraction of sp³-hybridized carbons (Fsp3) is 0.565. The Kier molecular flexibility index (Phi) is 9.52. The van der Waals surface area contributed by atoms with Gasteiger partial charge in [0.1, 0.15) is 29.3 Å². The van der Waals surface area contributed by atoms with Crippen molar-refractivity contribution in [2.75, 3.05) is 26.9 Å². The molecule has 0 saturated carbocycles. The largest absolute Gasteiger partial charge is 0.507 e. The normalized spacial score (nSPS) is 14.6. The van der Waals surface area contributed by atoms with Gasteiger partial charge in [-0.05, 0) is 53.0 Å². The lowest BCUT2D eigenvalue weighted by Crippen LogP contribution is -2.35. The van der Waals surface area contributed by atoms with E-state index in [0.29, 0.717) is 23.4 Å². The molecule has 1 unspecified atom stereocenters. The van der Waals surface area contributed by atoms with Crippen molar-refractivity contribution in [3.05, 3.63) is 33.9 Å². The molecule has 0 saturated heterocycles. The van der Waals surface area contributed by atoms with Gasteiger partial charge in [-0.15, -0.1) is 0 Å². The summed E-state index contributed by atoms with van der Waals surface area (Å²) in [5, 5.41) is 13.5. The number of amides is 1. The maximum atomic E-state index is 13.4. The van der Waals surface area contributed by atoms with Crippen LogP contribution in [0.4, 0.5) is 0 Å². The van der Waals surface area contributed by atoms with Crippen molar-refractivity contribution in [1.82, 2.24) is 5.32 Å². The van der Waals surface area contributed by atoms with Crippen LogP contribution in [0.15, 0.2) is 11.6 Å². The summed E-state index contributed by atoms with van der Waals surface area (Å²) in [6, 6.07) is 0. The number of ether oxygens (including phenoxy) is 2. The number of methoxy groups -OCH3 is 1. The lowest BCUT2D eigenvalue weighted by Gasteiger charge is -2.25. The first-order chi connectivity index (χ1) is 15.6. The number of aromatic hydroxyl groups is 1. The van der Waals surface area contributed by atoms with Crippen LogP contribution in [0, 0.1) is 6.92 Å². The van der Waals surface area contributed by atoms with Crippen LogP contribution in [0.1, 0.15) is 61.2 Å². The molecular weight excluding hydrogens is 449 g/mol. The molecule has 1 atom stereocenters. The number of benzene rings is 1. The molecule has 0 aliphatic carbocycles. The third-order valence-electron chi connectivity index (χ3n) is 5.47. The number of allylic oxidation sites excluding steroid dienone is 2. The molecule has 1 aromatic rings. The van der Waals surface area contributed by atoms with E-state index in [2.05, 4.69) is 5.32 Å². The van der Waals surface area contributed by atoms with E-state index in [1.165, 1.54) is 7.11 Å². The van der Waals surface area contributed by atoms with Crippen LogP contribution in [0.2, 0.25) is 0 Å². The minimum Gasteiger partial charge on any atom is -0.507 e. The second kappa shape index (κ2) is 11.7. The lowest BCUT2D eigenvalue weighted by atomic mass is 9.94. The standard InChI is InChI=1S/C23H34NO8P/c1-7-24-22(26)18(33(28,31-8-2)32-9-3)12-14(4)10-11-16-20(25)19-17(13-30-23(19)27)15(5)21(16)29-6/h10,18,25H,7-9,11-13H2,1-6H3,(H,24,26). The Morgan fingerprint density at radius 1 is 1.27 bits per heavy atom. The molecule has 1 aliphatic rings. The number of hydrogen-bond acceptors (Lipinski definition) is 8. The molecular formula is C23H34NO8P. The molecule has 2 N–H and O–H groups in total. The van der Waals surface area contributed by atoms with Crippen LogP contribution >= 0.6 is 7.60 Å². The smallest absolute Gasteiger partial charge is 0.343 e. The zero-order valence-electron chi connectivity index (χ0n) is 20.1. The van der Waals surface area contributed by atoms with Crippen LogP contribution < -0.4 is 10.1 Å². The Morgan fingerprint density at radius 2 is 1.91 bits per heavy atom. The van der Waals surface area contributed by atoms with Gasteiger partial charge in [0.2, 0.25) is 5.91 Å². The number of nitrogens with one attached hydrogen (secondary N) is 1. The highest BCUT2D eigenvalue weighted by atomic mass is 31.2. The molecule has 1 amide bonds. The van der Waals surface area contributed by atoms with Crippen molar-refractivity contribution < 1.29 is 37.8 Å². The molecule has 0 bridgehead atoms. The number of phenols is 1. The second-order valence-corrected chi connectivity index (χ2v) is 9.88. The van der Waals surface area contributed by atoms with Gasteiger partial charge in [0.05, 0.1) is 20.3 Å². The maximum absolute atomic E-state index is 13.4. The van der Waals surface area contributed by atoms with Crippen molar-refractivity contribution >= 4 is 19.5 Å². The molecule has 1 heterocycles. The number of cyclic esters (lactones) is 1. The van der Waals surface area contributed by atoms with Crippen molar-refractivity contribution in [2.45, 2.75) is 59.7 Å². The summed E-state index contributed by atoms with van der Waals surface area (Å²) in [6.45, 7) is 9.54. The zero-order valence-corrected chi connectivity index (χ0v) is 21.0. The van der Waals surface area contributed by atoms with Gasteiger partial charge >= 0.3 is 13.6 Å². The summed E-state index contributed by atoms with van der Waals surface area (Å²) in [4.78, 5) is 24.8. The second-order valence-electron chi connectivity index (χ2n) is 7.66. The highest BCUT2D eigenvalue weighted by Gasteiger charge is 2.41. The van der Waals surface area contributed by atoms with Gasteiger partial charge in [0.25, 0.3) is 0 Å². The minimum absolute atomic E-state index is 0.0947. The summed E-state index contributed by atoms with van der Waals surface area (Å²) in [5.74, 6) is -0.676. The minimum atomic E-state index is -3.70. The number of esters is 1. The Labute approximate surface area is 195 Å². The van der Waals surface area contributed by atoms with E-state index in [0.717, 1.165) is 11.1 Å². The van der Waals surface area contributed by atoms with Gasteiger partial charge in [0.15, 0.2) is 0 Å². The summed E-state index contributed by atoms with van der Waals surface area (Å²) >= 11 is 0. The maximum Gasteiger partial charge on any atom is 0.343 e. The van der Waals surface area contributed by atoms with Crippen molar-refractivity contribution in [2.24, 2.45) is 0 Å². The molecule has 184 valence electrons. The first-order valence-electron chi connectivity index (χ1n) is 11.0. The number of phenolic OH excluding ortho intramolecular Hbond substituents is 1. The molecule has 0 fully saturated rings. The first kappa shape index (κ1) is 26.9. The van der Waals surface area contributed by atoms with Crippen molar-refractivity contribution in [3.63, 3.8) is 0 Å². The van der Waals surface area contributed by atoms with Crippen LogP contribution in [-0.2, 0) is 36.2 Å². The Bertz CT molecular complexity index is 962. The van der Waals surface area contributed by atoms with Crippen LogP contribution in [-0.4, -0.2) is 49.5 Å². The van der Waals surface area contributed by atoms with Crippen LogP contribution in [0.5, 0.6) is 11.5 Å². The highest BCUT2D eigenvalue weighted by molar-refractivity contribution is 7.55. The van der Waals surface area contributed by atoms with Crippen LogP contribution in [0.3, 0.4) is 0 Å². The number of rotatable bonds is 12. The van der Waals surface area contributed by atoms with Gasteiger partial charge in [-0.2, -0.15) is 0 Å². The van der Waals surface area contributed by atoms with Crippen molar-refractivity contribution in [1.29, 1.82) is 0 Å². The third kappa shape index (κ3) is 5.78. The number of fused-ring (bicyclic) bond motifs is 1. The molecule has 0 aromatic heterocycles. The first-order valence-corrected chi connectivity index (χ1v) is 12.7. The monoisotopic (exact) mass is 483 g/mol. The third-order valence-corrected chi connectivity index (χ3v) is 7.89. The van der Waals surface area contributed by atoms with Gasteiger partial charge in [0, 0.05) is 17.7 Å². The molecule has 33 heavy (non-hydrogen) atoms. The number of carbonyl (C=O) groups is 2. The quantitative estimate of drug-likeness (QED) is 0.260. The summed E-state index contributed by atoms with van der Waals surface area (Å²) in [7, 11) is -2.21. The van der Waals surface area contributed by atoms with E-state index in [1.54, 1.807) is 33.8 Å². The summed E-state index contributed by atoms with van der Waals surface area (Å²) < 4.78 is 34.8. The molecule has 2 rings (SSSR count). The fourth-order valence-corrected chi connectivity index (χ4v) is 5.95.